The molecule has 0 radical (unpaired) electrons. The van der Waals surface area contributed by atoms with Gasteiger partial charge in [-0.2, -0.15) is 5.26 Å². The highest BCUT2D eigenvalue weighted by Gasteiger charge is 2.19. The Morgan fingerprint density at radius 2 is 2.10 bits per heavy atom. The molecule has 6 nitrogen and oxygen atoms in total. The van der Waals surface area contributed by atoms with Gasteiger partial charge < -0.3 is 20.3 Å². The van der Waals surface area contributed by atoms with Crippen LogP contribution in [0.4, 0.5) is 4.39 Å². The van der Waals surface area contributed by atoms with Gasteiger partial charge in [0, 0.05) is 37.8 Å². The molecule has 8 heteroatoms. The number of hydrogen-bond donors (Lipinski definition) is 2. The Balaban J connectivity index is 0.00000420. The number of nitriles is 1. The van der Waals surface area contributed by atoms with Crippen molar-refractivity contribution in [3.63, 3.8) is 0 Å². The molecule has 0 saturated carbocycles. The molecule has 1 fully saturated rings. The molecular formula is C21H33FIN5O. The van der Waals surface area contributed by atoms with Gasteiger partial charge in [0.2, 0.25) is 0 Å². The molecule has 0 unspecified atom stereocenters. The standard InChI is InChI=1S/C21H32FN5O.HI/c1-4-24-21(25-15-18-13-17(14-23)5-6-20(18)22)26-19-7-9-27(10-8-19)11-12-28-16(2)3;/h5-6,13,16,19H,4,7-12,15H2,1-3H3,(H2,24,25,26);1H. The van der Waals surface area contributed by atoms with Gasteiger partial charge in [0.05, 0.1) is 30.9 Å². The van der Waals surface area contributed by atoms with Crippen molar-refractivity contribution in [3.05, 3.63) is 35.1 Å². The summed E-state index contributed by atoms with van der Waals surface area (Å²) in [6.45, 7) is 10.8. The van der Waals surface area contributed by atoms with E-state index in [2.05, 4.69) is 34.4 Å². The van der Waals surface area contributed by atoms with E-state index in [1.54, 1.807) is 6.07 Å². The summed E-state index contributed by atoms with van der Waals surface area (Å²) in [5.41, 5.74) is 0.870. The Morgan fingerprint density at radius 1 is 1.38 bits per heavy atom. The summed E-state index contributed by atoms with van der Waals surface area (Å²) in [4.78, 5) is 6.94. The third-order valence-corrected chi connectivity index (χ3v) is 4.71. The highest BCUT2D eigenvalue weighted by atomic mass is 127. The normalized spacial score (nSPS) is 15.7. The number of nitrogens with zero attached hydrogens (tertiary/aromatic N) is 3. The van der Waals surface area contributed by atoms with E-state index in [9.17, 15) is 4.39 Å². The molecule has 0 spiro atoms. The molecule has 1 aromatic rings. The smallest absolute Gasteiger partial charge is 0.191 e. The zero-order chi connectivity index (χ0) is 20.4. The van der Waals surface area contributed by atoms with E-state index in [1.165, 1.54) is 12.1 Å². The second kappa shape index (κ2) is 13.7. The Kier molecular flexibility index (Phi) is 12.1. The summed E-state index contributed by atoms with van der Waals surface area (Å²) in [5, 5.41) is 15.7. The predicted octanol–water partition coefficient (Wildman–Crippen LogP) is 3.26. The fraction of sp³-hybridized carbons (Fsp3) is 0.619. The SMILES string of the molecule is CCNC(=NCc1cc(C#N)ccc1F)NC1CCN(CCOC(C)C)CC1.I. The molecule has 1 heterocycles. The van der Waals surface area contributed by atoms with Crippen molar-refractivity contribution in [1.29, 1.82) is 5.26 Å². The number of ether oxygens (including phenoxy) is 1. The molecule has 0 amide bonds. The third-order valence-electron chi connectivity index (χ3n) is 4.71. The summed E-state index contributed by atoms with van der Waals surface area (Å²) in [6.07, 6.45) is 2.34. The van der Waals surface area contributed by atoms with Crippen molar-refractivity contribution in [1.82, 2.24) is 15.5 Å². The van der Waals surface area contributed by atoms with Crippen LogP contribution in [0, 0.1) is 17.1 Å². The third kappa shape index (κ3) is 9.28. The lowest BCUT2D eigenvalue weighted by Gasteiger charge is -2.33. The van der Waals surface area contributed by atoms with Crippen LogP contribution < -0.4 is 10.6 Å². The molecule has 1 aliphatic rings. The van der Waals surface area contributed by atoms with Crippen molar-refractivity contribution in [2.45, 2.75) is 52.3 Å². The van der Waals surface area contributed by atoms with Gasteiger partial charge in [0.1, 0.15) is 5.82 Å². The fourth-order valence-corrected chi connectivity index (χ4v) is 3.16. The molecule has 1 aromatic carbocycles. The van der Waals surface area contributed by atoms with Gasteiger partial charge in [-0.15, -0.1) is 24.0 Å². The van der Waals surface area contributed by atoms with Crippen molar-refractivity contribution >= 4 is 29.9 Å². The quantitative estimate of drug-likeness (QED) is 0.315. The summed E-state index contributed by atoms with van der Waals surface area (Å²) >= 11 is 0. The van der Waals surface area contributed by atoms with Crippen molar-refractivity contribution in [2.75, 3.05) is 32.8 Å². The zero-order valence-corrected chi connectivity index (χ0v) is 19.9. The first-order chi connectivity index (χ1) is 13.5. The summed E-state index contributed by atoms with van der Waals surface area (Å²) < 4.78 is 19.6. The number of guanidine groups is 1. The maximum Gasteiger partial charge on any atom is 0.191 e. The molecule has 0 bridgehead atoms. The number of likely N-dealkylation sites (tertiary alicyclic amines) is 1. The second-order valence-electron chi connectivity index (χ2n) is 7.29. The van der Waals surface area contributed by atoms with E-state index in [1.807, 2.05) is 13.0 Å². The molecule has 2 rings (SSSR count). The molecule has 29 heavy (non-hydrogen) atoms. The molecule has 0 atom stereocenters. The van der Waals surface area contributed by atoms with Gasteiger partial charge in [0.15, 0.2) is 5.96 Å². The van der Waals surface area contributed by atoms with E-state index in [0.29, 0.717) is 23.1 Å². The Labute approximate surface area is 190 Å². The Hall–Kier alpha value is -1.44. The van der Waals surface area contributed by atoms with Crippen LogP contribution in [0.3, 0.4) is 0 Å². The van der Waals surface area contributed by atoms with Crippen LogP contribution in [0.15, 0.2) is 23.2 Å². The minimum absolute atomic E-state index is 0. The number of benzene rings is 1. The average Bonchev–Trinajstić information content (AvgIpc) is 2.68. The molecule has 1 aliphatic heterocycles. The first-order valence-corrected chi connectivity index (χ1v) is 10.1. The molecule has 1 saturated heterocycles. The molecule has 162 valence electrons. The van der Waals surface area contributed by atoms with Gasteiger partial charge in [-0.3, -0.25) is 0 Å². The summed E-state index contributed by atoms with van der Waals surface area (Å²) in [5.74, 6) is 0.348. The number of rotatable bonds is 8. The topological polar surface area (TPSA) is 72.7 Å². The molecule has 0 aromatic heterocycles. The highest BCUT2D eigenvalue weighted by molar-refractivity contribution is 14.0. The second-order valence-corrected chi connectivity index (χ2v) is 7.29. The molecular weight excluding hydrogens is 484 g/mol. The van der Waals surface area contributed by atoms with Crippen LogP contribution in [-0.2, 0) is 11.3 Å². The van der Waals surface area contributed by atoms with Crippen LogP contribution in [0.1, 0.15) is 44.7 Å². The number of nitrogens with one attached hydrogen (secondary N) is 2. The predicted molar refractivity (Wildman–Crippen MR) is 125 cm³/mol. The van der Waals surface area contributed by atoms with Crippen LogP contribution in [0.2, 0.25) is 0 Å². The van der Waals surface area contributed by atoms with E-state index < -0.39 is 0 Å². The lowest BCUT2D eigenvalue weighted by Crippen LogP contribution is -2.49. The maximum atomic E-state index is 14.0. The van der Waals surface area contributed by atoms with Crippen molar-refractivity contribution < 1.29 is 9.13 Å². The number of hydrogen-bond acceptors (Lipinski definition) is 4. The monoisotopic (exact) mass is 517 g/mol. The molecule has 2 N–H and O–H groups in total. The first kappa shape index (κ1) is 25.6. The summed E-state index contributed by atoms with van der Waals surface area (Å²) in [7, 11) is 0. The lowest BCUT2D eigenvalue weighted by molar-refractivity contribution is 0.0532. The van der Waals surface area contributed by atoms with E-state index in [-0.39, 0.29) is 42.4 Å². The minimum atomic E-state index is -0.337. The fourth-order valence-electron chi connectivity index (χ4n) is 3.16. The highest BCUT2D eigenvalue weighted by Crippen LogP contribution is 2.12. The Morgan fingerprint density at radius 3 is 2.72 bits per heavy atom. The minimum Gasteiger partial charge on any atom is -0.377 e. The van der Waals surface area contributed by atoms with Crippen LogP contribution in [-0.4, -0.2) is 55.8 Å². The number of halogens is 2. The van der Waals surface area contributed by atoms with Crippen LogP contribution in [0.25, 0.3) is 0 Å². The van der Waals surface area contributed by atoms with Gasteiger partial charge in [-0.05, 0) is 51.8 Å². The van der Waals surface area contributed by atoms with Gasteiger partial charge in [0.25, 0.3) is 0 Å². The summed E-state index contributed by atoms with van der Waals surface area (Å²) in [6, 6.07) is 6.74. The molecule has 0 aliphatic carbocycles. The van der Waals surface area contributed by atoms with Crippen molar-refractivity contribution in [2.24, 2.45) is 4.99 Å². The van der Waals surface area contributed by atoms with E-state index in [4.69, 9.17) is 10.00 Å². The van der Waals surface area contributed by atoms with Gasteiger partial charge >= 0.3 is 0 Å². The number of aliphatic imine (C=N–C) groups is 1. The van der Waals surface area contributed by atoms with Gasteiger partial charge in [-0.1, -0.05) is 0 Å². The maximum absolute atomic E-state index is 14.0. The largest absolute Gasteiger partial charge is 0.377 e. The van der Waals surface area contributed by atoms with E-state index in [0.717, 1.165) is 45.6 Å². The lowest BCUT2D eigenvalue weighted by atomic mass is 10.1. The first-order valence-electron chi connectivity index (χ1n) is 10.1. The van der Waals surface area contributed by atoms with Gasteiger partial charge in [-0.25, -0.2) is 9.38 Å². The van der Waals surface area contributed by atoms with Crippen LogP contribution >= 0.6 is 24.0 Å². The van der Waals surface area contributed by atoms with Crippen LogP contribution in [0.5, 0.6) is 0 Å². The number of piperidine rings is 1. The zero-order valence-electron chi connectivity index (χ0n) is 17.6. The Bertz CT molecular complexity index is 684. The van der Waals surface area contributed by atoms with Crippen molar-refractivity contribution in [3.8, 4) is 6.07 Å². The van der Waals surface area contributed by atoms with E-state index >= 15 is 0 Å². The average molecular weight is 517 g/mol.